The highest BCUT2D eigenvalue weighted by Crippen LogP contribution is 2.04. The Morgan fingerprint density at radius 2 is 1.58 bits per heavy atom. The van der Waals surface area contributed by atoms with E-state index in [9.17, 15) is 29.1 Å². The van der Waals surface area contributed by atoms with Crippen LogP contribution in [0.4, 0.5) is 0 Å². The largest absolute Gasteiger partial charge is 0.480 e. The van der Waals surface area contributed by atoms with Crippen LogP contribution in [0.2, 0.25) is 0 Å². The summed E-state index contributed by atoms with van der Waals surface area (Å²) in [7, 11) is 0. The summed E-state index contributed by atoms with van der Waals surface area (Å²) in [6, 6.07) is 5.65. The molecule has 0 bridgehead atoms. The lowest BCUT2D eigenvalue weighted by molar-refractivity contribution is -0.142. The minimum Gasteiger partial charge on any atom is -0.480 e. The van der Waals surface area contributed by atoms with Gasteiger partial charge in [-0.05, 0) is 31.2 Å². The van der Waals surface area contributed by atoms with Gasteiger partial charge in [-0.1, -0.05) is 30.3 Å². The SMILES string of the molecule is NC(=O)CCC(NC(=O)C(N)Cc1ccccc1)C(=O)NCC(=O)NC(CCCN=C(N)N)C(=O)O. The highest BCUT2D eigenvalue weighted by Gasteiger charge is 2.25. The number of carbonyl (C=O) groups excluding carboxylic acids is 4. The zero-order valence-electron chi connectivity index (χ0n) is 19.8. The summed E-state index contributed by atoms with van der Waals surface area (Å²) >= 11 is 0. The number of primary amides is 1. The lowest BCUT2D eigenvalue weighted by atomic mass is 10.0. The third-order valence-electron chi connectivity index (χ3n) is 4.95. The second-order valence-corrected chi connectivity index (χ2v) is 7.99. The number of hydrogen-bond donors (Lipinski definition) is 8. The second kappa shape index (κ2) is 15.7. The first kappa shape index (κ1) is 29.8. The molecule has 0 heterocycles. The molecular formula is C22H34N8O6. The molecule has 14 nitrogen and oxygen atoms in total. The van der Waals surface area contributed by atoms with Gasteiger partial charge in [-0.25, -0.2) is 4.79 Å². The van der Waals surface area contributed by atoms with Gasteiger partial charge in [0.05, 0.1) is 12.6 Å². The number of guanidine groups is 1. The van der Waals surface area contributed by atoms with Crippen molar-refractivity contribution in [2.45, 2.75) is 50.2 Å². The molecule has 4 amide bonds. The minimum absolute atomic E-state index is 0.0579. The van der Waals surface area contributed by atoms with E-state index in [1.54, 1.807) is 24.3 Å². The van der Waals surface area contributed by atoms with Crippen molar-refractivity contribution < 1.29 is 29.1 Å². The van der Waals surface area contributed by atoms with E-state index in [1.165, 1.54) is 0 Å². The van der Waals surface area contributed by atoms with Gasteiger partial charge in [-0.15, -0.1) is 0 Å². The highest BCUT2D eigenvalue weighted by molar-refractivity contribution is 5.93. The zero-order chi connectivity index (χ0) is 27.1. The fraction of sp³-hybridized carbons (Fsp3) is 0.455. The molecule has 12 N–H and O–H groups in total. The number of carboxylic acid groups (broad SMARTS) is 1. The Bertz CT molecular complexity index is 936. The first-order valence-corrected chi connectivity index (χ1v) is 11.2. The molecule has 0 aliphatic rings. The quantitative estimate of drug-likeness (QED) is 0.0646. The molecule has 36 heavy (non-hydrogen) atoms. The summed E-state index contributed by atoms with van der Waals surface area (Å²) in [6.45, 7) is -0.373. The van der Waals surface area contributed by atoms with Gasteiger partial charge in [0.1, 0.15) is 12.1 Å². The van der Waals surface area contributed by atoms with E-state index in [0.717, 1.165) is 5.56 Å². The number of benzene rings is 1. The molecule has 198 valence electrons. The van der Waals surface area contributed by atoms with E-state index in [-0.39, 0.29) is 38.2 Å². The minimum atomic E-state index is -1.27. The van der Waals surface area contributed by atoms with E-state index in [4.69, 9.17) is 22.9 Å². The molecule has 3 atom stereocenters. The third-order valence-corrected chi connectivity index (χ3v) is 4.95. The molecule has 0 spiro atoms. The van der Waals surface area contributed by atoms with E-state index in [0.29, 0.717) is 6.42 Å². The Balaban J connectivity index is 2.66. The van der Waals surface area contributed by atoms with Crippen molar-refractivity contribution in [3.8, 4) is 0 Å². The van der Waals surface area contributed by atoms with Gasteiger partial charge in [0.25, 0.3) is 0 Å². The molecule has 0 fully saturated rings. The number of nitrogens with two attached hydrogens (primary N) is 4. The first-order valence-electron chi connectivity index (χ1n) is 11.2. The maximum Gasteiger partial charge on any atom is 0.326 e. The Morgan fingerprint density at radius 3 is 2.17 bits per heavy atom. The molecule has 1 aromatic rings. The van der Waals surface area contributed by atoms with Crippen LogP contribution in [0.1, 0.15) is 31.2 Å². The summed E-state index contributed by atoms with van der Waals surface area (Å²) < 4.78 is 0. The van der Waals surface area contributed by atoms with Crippen LogP contribution in [-0.4, -0.2) is 71.9 Å². The van der Waals surface area contributed by atoms with Gasteiger partial charge < -0.3 is 44.0 Å². The van der Waals surface area contributed by atoms with Crippen molar-refractivity contribution in [1.82, 2.24) is 16.0 Å². The smallest absolute Gasteiger partial charge is 0.326 e. The number of nitrogens with zero attached hydrogens (tertiary/aromatic N) is 1. The van der Waals surface area contributed by atoms with Gasteiger partial charge in [0, 0.05) is 13.0 Å². The van der Waals surface area contributed by atoms with Crippen LogP contribution >= 0.6 is 0 Å². The number of hydrogen-bond acceptors (Lipinski definition) is 7. The van der Waals surface area contributed by atoms with Crippen molar-refractivity contribution in [3.63, 3.8) is 0 Å². The molecule has 14 heteroatoms. The molecular weight excluding hydrogens is 472 g/mol. The van der Waals surface area contributed by atoms with E-state index in [1.807, 2.05) is 6.07 Å². The maximum atomic E-state index is 12.6. The molecule has 1 rings (SSSR count). The van der Waals surface area contributed by atoms with Crippen LogP contribution < -0.4 is 38.9 Å². The molecule has 0 aliphatic heterocycles. The van der Waals surface area contributed by atoms with Crippen molar-refractivity contribution in [3.05, 3.63) is 35.9 Å². The second-order valence-electron chi connectivity index (χ2n) is 7.99. The van der Waals surface area contributed by atoms with E-state index >= 15 is 0 Å². The van der Waals surface area contributed by atoms with Crippen LogP contribution in [0.15, 0.2) is 35.3 Å². The molecule has 0 aromatic heterocycles. The van der Waals surface area contributed by atoms with Crippen molar-refractivity contribution in [2.75, 3.05) is 13.1 Å². The summed E-state index contributed by atoms with van der Waals surface area (Å²) in [6.07, 6.45) is 0.262. The van der Waals surface area contributed by atoms with Crippen LogP contribution in [0, 0.1) is 0 Å². The standard InChI is InChI=1S/C22H34N8O6/c23-14(11-13-5-2-1-3-6-13)19(33)30-15(8-9-17(24)31)20(34)28-12-18(32)29-16(21(35)36)7-4-10-27-22(25)26/h1-3,5-6,14-16H,4,7-12,23H2,(H2,24,31)(H,28,34)(H,29,32)(H,30,33)(H,35,36)(H4,25,26,27). The van der Waals surface area contributed by atoms with Crippen LogP contribution in [-0.2, 0) is 30.4 Å². The fourth-order valence-corrected chi connectivity index (χ4v) is 3.09. The Labute approximate surface area is 208 Å². The first-order chi connectivity index (χ1) is 17.0. The molecule has 0 aliphatic carbocycles. The van der Waals surface area contributed by atoms with Crippen LogP contribution in [0.3, 0.4) is 0 Å². The molecule has 0 saturated carbocycles. The molecule has 1 aromatic carbocycles. The normalized spacial score (nSPS) is 12.9. The highest BCUT2D eigenvalue weighted by atomic mass is 16.4. The summed E-state index contributed by atoms with van der Waals surface area (Å²) in [5, 5.41) is 16.4. The predicted molar refractivity (Wildman–Crippen MR) is 131 cm³/mol. The van der Waals surface area contributed by atoms with E-state index in [2.05, 4.69) is 20.9 Å². The number of aliphatic imine (C=N–C) groups is 1. The van der Waals surface area contributed by atoms with Gasteiger partial charge in [0.15, 0.2) is 5.96 Å². The van der Waals surface area contributed by atoms with Crippen LogP contribution in [0.5, 0.6) is 0 Å². The van der Waals surface area contributed by atoms with E-state index < -0.39 is 54.3 Å². The number of amides is 4. The molecule has 3 unspecified atom stereocenters. The fourth-order valence-electron chi connectivity index (χ4n) is 3.09. The predicted octanol–water partition coefficient (Wildman–Crippen LogP) is -2.95. The van der Waals surface area contributed by atoms with Crippen molar-refractivity contribution in [1.29, 1.82) is 0 Å². The van der Waals surface area contributed by atoms with Gasteiger partial charge in [0.2, 0.25) is 23.6 Å². The number of rotatable bonds is 16. The van der Waals surface area contributed by atoms with Crippen molar-refractivity contribution >= 4 is 35.6 Å². The number of carboxylic acids is 1. The summed E-state index contributed by atoms with van der Waals surface area (Å²) in [5.74, 6) is -4.23. The zero-order valence-corrected chi connectivity index (χ0v) is 19.8. The van der Waals surface area contributed by atoms with Crippen LogP contribution in [0.25, 0.3) is 0 Å². The van der Waals surface area contributed by atoms with Gasteiger partial charge in [-0.2, -0.15) is 0 Å². The average Bonchev–Trinajstić information content (AvgIpc) is 2.82. The summed E-state index contributed by atoms with van der Waals surface area (Å²) in [5.41, 5.74) is 22.3. The van der Waals surface area contributed by atoms with Gasteiger partial charge in [-0.3, -0.25) is 24.2 Å². The maximum absolute atomic E-state index is 12.6. The monoisotopic (exact) mass is 506 g/mol. The molecule has 0 saturated heterocycles. The number of nitrogens with one attached hydrogen (secondary N) is 3. The van der Waals surface area contributed by atoms with Gasteiger partial charge >= 0.3 is 5.97 Å². The number of aliphatic carboxylic acids is 1. The summed E-state index contributed by atoms with van der Waals surface area (Å²) in [4.78, 5) is 63.7. The third kappa shape index (κ3) is 12.3. The average molecular weight is 507 g/mol. The Hall–Kier alpha value is -4.20. The lowest BCUT2D eigenvalue weighted by Crippen LogP contribution is -2.54. The Morgan fingerprint density at radius 1 is 0.917 bits per heavy atom. The molecule has 0 radical (unpaired) electrons. The Kier molecular flexibility index (Phi) is 13.0. The topological polar surface area (TPSA) is 258 Å². The lowest BCUT2D eigenvalue weighted by Gasteiger charge is -2.21. The number of carbonyl (C=O) groups is 5. The van der Waals surface area contributed by atoms with Crippen molar-refractivity contribution in [2.24, 2.45) is 27.9 Å².